The molecular weight excluding hydrogens is 701 g/mol. The maximum atomic E-state index is 11.8. The minimum Gasteiger partial charge on any atom is -0.418 e. The van der Waals surface area contributed by atoms with Crippen molar-refractivity contribution in [1.82, 2.24) is 0 Å². The highest BCUT2D eigenvalue weighted by molar-refractivity contribution is 6.51. The van der Waals surface area contributed by atoms with Crippen LogP contribution in [0, 0.1) is 0 Å². The second-order valence-corrected chi connectivity index (χ2v) is 4.68. The number of rotatable bonds is 0. The molecule has 0 N–H and O–H groups in total. The van der Waals surface area contributed by atoms with Crippen LogP contribution in [0.2, 0.25) is 0 Å². The Morgan fingerprint density at radius 2 is 0.333 bits per heavy atom. The van der Waals surface area contributed by atoms with Crippen molar-refractivity contribution in [3.63, 3.8) is 0 Å². The van der Waals surface area contributed by atoms with Crippen LogP contribution < -0.4 is 4.79 Å². The molecule has 0 radical (unpaired) electrons. The van der Waals surface area contributed by atoms with E-state index in [4.69, 9.17) is 0 Å². The largest absolute Gasteiger partial charge is 0.673 e. The van der Waals surface area contributed by atoms with Crippen molar-refractivity contribution in [2.24, 2.45) is 0 Å². The maximum absolute atomic E-state index is 11.8. The molecule has 0 aromatic carbocycles. The highest BCUT2D eigenvalue weighted by Gasteiger charge is 2.23. The van der Waals surface area contributed by atoms with Crippen LogP contribution in [0.4, 0.5) is 125 Å². The third-order valence-corrected chi connectivity index (χ3v) is 0.679. The van der Waals surface area contributed by atoms with Gasteiger partial charge in [-0.3, -0.25) is 0 Å². The Morgan fingerprint density at radius 1 is 0.238 bits per heavy atom. The lowest BCUT2D eigenvalue weighted by Gasteiger charge is -1.94. The van der Waals surface area contributed by atoms with Gasteiger partial charge in [0.15, 0.2) is 0 Å². The molecule has 0 bridgehead atoms. The molecule has 37 heteroatoms. The summed E-state index contributed by atoms with van der Waals surface area (Å²) >= 11 is 0. The van der Waals surface area contributed by atoms with E-state index >= 15 is 0 Å². The summed E-state index contributed by atoms with van der Waals surface area (Å²) < 4.78 is 285. The first-order chi connectivity index (χ1) is 17.4. The second kappa shape index (κ2) is 24.1. The number of hydrogen-bond donors (Lipinski definition) is 0. The molecule has 260 valence electrons. The van der Waals surface area contributed by atoms with Gasteiger partial charge in [0, 0.05) is 16.9 Å². The van der Waals surface area contributed by atoms with Crippen molar-refractivity contribution >= 4 is 50.8 Å². The van der Waals surface area contributed by atoms with Crippen LogP contribution in [0.5, 0.6) is 0 Å². The van der Waals surface area contributed by atoms with Gasteiger partial charge in [0.2, 0.25) is 12.4 Å². The smallest absolute Gasteiger partial charge is 0.418 e. The first-order valence-electron chi connectivity index (χ1n) is 8.13. The van der Waals surface area contributed by atoms with Crippen LogP contribution in [-0.4, -0.2) is 50.8 Å². The number of pyridine rings is 1. The van der Waals surface area contributed by atoms with Gasteiger partial charge in [0.1, 0.15) is 0 Å². The van der Waals surface area contributed by atoms with E-state index < -0.39 is 50.8 Å². The Balaban J connectivity index is -0.0000000670. The van der Waals surface area contributed by atoms with Crippen LogP contribution >= 0.6 is 0 Å². The first-order valence-corrected chi connectivity index (χ1v) is 8.13. The molecule has 0 aliphatic rings. The summed E-state index contributed by atoms with van der Waals surface area (Å²) in [5.41, 5.74) is 0. The van der Waals surface area contributed by atoms with E-state index in [1.807, 2.05) is 0 Å². The monoisotopic (exact) mass is 707 g/mol. The fourth-order valence-corrected chi connectivity index (χ4v) is 0.378. The number of nitrogens with zero attached hydrogens (tertiary/aromatic N) is 1. The summed E-state index contributed by atoms with van der Waals surface area (Å²) in [4.78, 5) is 0.500. The molecule has 1 aromatic rings. The zero-order chi connectivity index (χ0) is 36.6. The van der Waals surface area contributed by atoms with Crippen LogP contribution in [0.3, 0.4) is 0 Å². The fraction of sp³-hybridized carbons (Fsp3) is 0. The van der Waals surface area contributed by atoms with Crippen molar-refractivity contribution in [3.8, 4) is 0 Å². The Kier molecular flexibility index (Phi) is 31.8. The number of halogens is 29. The molecule has 0 amide bonds. The number of hydrogen-bond acceptors (Lipinski definition) is 0. The summed E-state index contributed by atoms with van der Waals surface area (Å²) in [7, 11) is -42.0. The van der Waals surface area contributed by atoms with Gasteiger partial charge in [-0.25, -0.2) is 0 Å². The van der Waals surface area contributed by atoms with Gasteiger partial charge in [0.25, 0.3) is 0 Å². The maximum Gasteiger partial charge on any atom is 0.673 e. The van der Waals surface area contributed by atoms with Crippen molar-refractivity contribution in [2.75, 3.05) is 0 Å². The van der Waals surface area contributed by atoms with Gasteiger partial charge in [-0.15, -0.1) is 0 Å². The highest BCUT2D eigenvalue weighted by Crippen LogP contribution is 2.09. The van der Waals surface area contributed by atoms with E-state index in [2.05, 4.69) is 0 Å². The van der Waals surface area contributed by atoms with Gasteiger partial charge in [-0.05, 0) is 0 Å². The molecule has 1 aromatic heterocycles. The molecule has 0 spiro atoms. The summed E-state index contributed by atoms with van der Waals surface area (Å²) in [5, 5.41) is 0. The van der Waals surface area contributed by atoms with E-state index in [0.717, 1.165) is 0 Å². The summed E-state index contributed by atoms with van der Waals surface area (Å²) in [5.74, 6) is 0. The van der Waals surface area contributed by atoms with Gasteiger partial charge < -0.3 is 121 Å². The summed E-state index contributed by atoms with van der Waals surface area (Å²) in [6.07, 6.45) is 2.67. The van der Waals surface area contributed by atoms with E-state index in [9.17, 15) is 125 Å². The van der Waals surface area contributed by atoms with E-state index in [0.29, 0.717) is 4.79 Å². The third kappa shape index (κ3) is 1620. The number of aromatic nitrogens is 1. The average molecular weight is 706 g/mol. The molecule has 0 aliphatic heterocycles. The van der Waals surface area contributed by atoms with Gasteiger partial charge in [-0.1, -0.05) is 6.07 Å². The fourth-order valence-electron chi connectivity index (χ4n) is 0.378. The predicted octanol–water partition coefficient (Wildman–Crippen LogP) is 9.81. The Bertz CT molecular complexity index is 519. The van der Waals surface area contributed by atoms with E-state index in [-0.39, 0.29) is 0 Å². The van der Waals surface area contributed by atoms with Crippen LogP contribution in [0.1, 0.15) is 0 Å². The zero-order valence-electron chi connectivity index (χ0n) is 18.3. The van der Waals surface area contributed by atoms with Crippen LogP contribution in [-0.2, 0) is 0 Å². The molecule has 0 fully saturated rings. The Hall–Kier alpha value is -2.43. The molecule has 1 heterocycles. The van der Waals surface area contributed by atoms with Crippen LogP contribution in [0.25, 0.3) is 0 Å². The van der Waals surface area contributed by atoms with E-state index in [1.165, 1.54) is 12.4 Å². The standard InChI is InChI=1S/C5H5FN.7BF4/c6-7-4-2-1-3-5-7;7*2-1(3,4)5/h1-5H;;;;;;;/q+1;7*-1. The topological polar surface area (TPSA) is 3.88 Å². The van der Waals surface area contributed by atoms with Crippen molar-refractivity contribution < 1.29 is 130 Å². The van der Waals surface area contributed by atoms with Crippen molar-refractivity contribution in [1.29, 1.82) is 0 Å². The predicted molar refractivity (Wildman–Crippen MR) is 94.4 cm³/mol. The van der Waals surface area contributed by atoms with Crippen LogP contribution in [0.15, 0.2) is 30.6 Å². The minimum atomic E-state index is -6.00. The minimum absolute atomic E-state index is 0.500. The SMILES string of the molecule is F[B-](F)(F)F.F[B-](F)(F)F.F[B-](F)(F)F.F[B-](F)(F)F.F[B-](F)(F)F.F[B-](F)(F)F.F[B-](F)(F)F.F[n+]1ccccc1. The summed E-state index contributed by atoms with van der Waals surface area (Å²) in [6, 6.07) is 5.01. The molecular formula is C5H5B7F29N-6. The highest BCUT2D eigenvalue weighted by atomic mass is 19.5. The van der Waals surface area contributed by atoms with E-state index in [1.54, 1.807) is 18.2 Å². The normalized spacial score (nSPS) is 11.5. The lowest BCUT2D eigenvalue weighted by atomic mass is 10.3. The quantitative estimate of drug-likeness (QED) is 0.187. The third-order valence-electron chi connectivity index (χ3n) is 0.679. The van der Waals surface area contributed by atoms with Gasteiger partial charge >= 0.3 is 50.8 Å². The molecule has 0 unspecified atom stereocenters. The lowest BCUT2D eigenvalue weighted by Crippen LogP contribution is -2.18. The second-order valence-electron chi connectivity index (χ2n) is 4.68. The molecule has 0 atom stereocenters. The van der Waals surface area contributed by atoms with Crippen molar-refractivity contribution in [2.45, 2.75) is 0 Å². The molecule has 0 saturated heterocycles. The first kappa shape index (κ1) is 55.5. The molecule has 0 aliphatic carbocycles. The van der Waals surface area contributed by atoms with Gasteiger partial charge in [0.05, 0.1) is 4.48 Å². The molecule has 1 nitrogen and oxygen atoms in total. The lowest BCUT2D eigenvalue weighted by molar-refractivity contribution is -0.843. The Morgan fingerprint density at radius 3 is 0.381 bits per heavy atom. The molecule has 42 heavy (non-hydrogen) atoms. The average Bonchev–Trinajstić information content (AvgIpc) is 2.43. The summed E-state index contributed by atoms with van der Waals surface area (Å²) in [6.45, 7) is 0. The zero-order valence-corrected chi connectivity index (χ0v) is 18.3. The van der Waals surface area contributed by atoms with Gasteiger partial charge in [-0.2, -0.15) is 0 Å². The molecule has 0 saturated carbocycles. The van der Waals surface area contributed by atoms with Crippen molar-refractivity contribution in [3.05, 3.63) is 30.6 Å². The Labute approximate surface area is 213 Å². The molecule has 1 rings (SSSR count).